The molecule has 9 aromatic carbocycles. The lowest BCUT2D eigenvalue weighted by Gasteiger charge is -2.33. The Morgan fingerprint density at radius 1 is 0.415 bits per heavy atom. The molecule has 0 N–H and O–H groups in total. The Hall–Kier alpha value is -6.77. The largest absolute Gasteiger partial charge is 0.327 e. The average molecular weight is 673 g/mol. The van der Waals surface area contributed by atoms with Gasteiger partial charge >= 0.3 is 0 Å². The third-order valence-corrected chi connectivity index (χ3v) is 12.2. The number of benzene rings is 9. The van der Waals surface area contributed by atoms with Gasteiger partial charge in [0.1, 0.15) is 5.82 Å². The van der Waals surface area contributed by atoms with Crippen LogP contribution in [0.4, 0.5) is 0 Å². The quantitative estimate of drug-likeness (QED) is 0.167. The van der Waals surface area contributed by atoms with Crippen LogP contribution in [0.1, 0.15) is 22.3 Å². The van der Waals surface area contributed by atoms with Crippen molar-refractivity contribution >= 4 is 43.4 Å². The monoisotopic (exact) mass is 672 g/mol. The van der Waals surface area contributed by atoms with Crippen LogP contribution >= 0.6 is 0 Å². The van der Waals surface area contributed by atoms with Gasteiger partial charge < -0.3 is 4.57 Å². The Bertz CT molecular complexity index is 3150. The average Bonchev–Trinajstić information content (AvgIpc) is 3.84. The van der Waals surface area contributed by atoms with Gasteiger partial charge in [0, 0.05) is 12.6 Å². The summed E-state index contributed by atoms with van der Waals surface area (Å²) in [6, 6.07) is 65.4. The first-order chi connectivity index (χ1) is 26.2. The number of hydrogen-bond acceptors (Lipinski definition) is 1. The summed E-state index contributed by atoms with van der Waals surface area (Å²) in [4.78, 5) is 5.08. The van der Waals surface area contributed by atoms with E-state index in [1.165, 1.54) is 88.0 Å². The summed E-state index contributed by atoms with van der Waals surface area (Å²) in [6.45, 7) is 0. The maximum atomic E-state index is 5.08. The van der Waals surface area contributed by atoms with E-state index in [1.54, 1.807) is 0 Å². The fraction of sp³-hybridized carbons (Fsp3) is 0.0392. The van der Waals surface area contributed by atoms with Gasteiger partial charge in [-0.15, -0.1) is 0 Å². The van der Waals surface area contributed by atoms with Crippen LogP contribution in [0.25, 0.3) is 88.1 Å². The molecule has 12 rings (SSSR count). The number of aryl methyl sites for hydroxylation is 1. The van der Waals surface area contributed by atoms with Gasteiger partial charge in [-0.1, -0.05) is 152 Å². The van der Waals surface area contributed by atoms with Crippen molar-refractivity contribution in [2.24, 2.45) is 7.05 Å². The van der Waals surface area contributed by atoms with E-state index >= 15 is 0 Å². The predicted octanol–water partition coefficient (Wildman–Crippen LogP) is 12.7. The first kappa shape index (κ1) is 28.9. The van der Waals surface area contributed by atoms with Crippen LogP contribution in [0.3, 0.4) is 0 Å². The molecular formula is C51H32N2. The maximum Gasteiger partial charge on any atom is 0.140 e. The summed E-state index contributed by atoms with van der Waals surface area (Å²) in [5.41, 5.74) is 16.0. The molecule has 0 unspecified atom stereocenters. The number of nitrogens with zero attached hydrogens (tertiary/aromatic N) is 2. The van der Waals surface area contributed by atoms with Crippen LogP contribution in [-0.2, 0) is 12.5 Å². The minimum atomic E-state index is -0.492. The molecule has 1 heterocycles. The summed E-state index contributed by atoms with van der Waals surface area (Å²) in [5.74, 6) is 0.972. The molecule has 0 amide bonds. The molecule has 0 aliphatic heterocycles. The zero-order chi connectivity index (χ0) is 34.8. The number of aromatic nitrogens is 2. The lowest BCUT2D eigenvalue weighted by atomic mass is 9.68. The Balaban J connectivity index is 1.26. The molecule has 0 bridgehead atoms. The molecule has 2 aliphatic carbocycles. The second-order valence-electron chi connectivity index (χ2n) is 14.6. The van der Waals surface area contributed by atoms with Gasteiger partial charge in [-0.2, -0.15) is 0 Å². The van der Waals surface area contributed by atoms with Crippen molar-refractivity contribution < 1.29 is 0 Å². The number of imidazole rings is 1. The fourth-order valence-corrected chi connectivity index (χ4v) is 10.2. The highest BCUT2D eigenvalue weighted by Crippen LogP contribution is 2.67. The molecule has 246 valence electrons. The zero-order valence-electron chi connectivity index (χ0n) is 29.1. The Labute approximate surface area is 307 Å². The van der Waals surface area contributed by atoms with Gasteiger partial charge in [0.15, 0.2) is 0 Å². The summed E-state index contributed by atoms with van der Waals surface area (Å²) in [6.07, 6.45) is 0. The van der Waals surface area contributed by atoms with E-state index < -0.39 is 5.41 Å². The van der Waals surface area contributed by atoms with E-state index in [1.807, 2.05) is 0 Å². The molecule has 2 nitrogen and oxygen atoms in total. The minimum absolute atomic E-state index is 0.492. The van der Waals surface area contributed by atoms with Crippen LogP contribution in [-0.4, -0.2) is 9.55 Å². The van der Waals surface area contributed by atoms with Crippen molar-refractivity contribution in [2.75, 3.05) is 0 Å². The van der Waals surface area contributed by atoms with Crippen molar-refractivity contribution in [1.29, 1.82) is 0 Å². The summed E-state index contributed by atoms with van der Waals surface area (Å²) in [5, 5.41) is 7.77. The lowest BCUT2D eigenvalue weighted by Crippen LogP contribution is -2.26. The SMILES string of the molecule is Cn1c(-c2cccc(-c3cc4c(c5ccccc35)C3(c5ccccc5-c5ccccc53)c3c-4c4ccccc4c4ccccc34)c2)nc2ccccc21. The maximum absolute atomic E-state index is 5.08. The van der Waals surface area contributed by atoms with Crippen molar-refractivity contribution in [1.82, 2.24) is 9.55 Å². The predicted molar refractivity (Wildman–Crippen MR) is 220 cm³/mol. The van der Waals surface area contributed by atoms with E-state index in [0.717, 1.165) is 22.4 Å². The lowest BCUT2D eigenvalue weighted by molar-refractivity contribution is 0.809. The molecule has 2 heteroatoms. The van der Waals surface area contributed by atoms with E-state index in [4.69, 9.17) is 4.98 Å². The topological polar surface area (TPSA) is 17.8 Å². The van der Waals surface area contributed by atoms with E-state index in [0.29, 0.717) is 0 Å². The van der Waals surface area contributed by atoms with Gasteiger partial charge in [0.05, 0.1) is 16.4 Å². The number of rotatable bonds is 2. The van der Waals surface area contributed by atoms with Gasteiger partial charge in [0.2, 0.25) is 0 Å². The highest BCUT2D eigenvalue weighted by atomic mass is 15.1. The van der Waals surface area contributed by atoms with E-state index in [9.17, 15) is 0 Å². The van der Waals surface area contributed by atoms with Gasteiger partial charge in [0.25, 0.3) is 0 Å². The minimum Gasteiger partial charge on any atom is -0.327 e. The molecule has 1 spiro atoms. The van der Waals surface area contributed by atoms with Crippen LogP contribution in [0.2, 0.25) is 0 Å². The summed E-state index contributed by atoms with van der Waals surface area (Å²) < 4.78 is 2.21. The molecule has 0 saturated heterocycles. The second kappa shape index (κ2) is 10.4. The van der Waals surface area contributed by atoms with Gasteiger partial charge in [-0.05, 0) is 112 Å². The molecule has 2 aliphatic rings. The van der Waals surface area contributed by atoms with Crippen molar-refractivity contribution in [2.45, 2.75) is 5.41 Å². The van der Waals surface area contributed by atoms with E-state index in [2.05, 4.69) is 188 Å². The number of hydrogen-bond donors (Lipinski definition) is 0. The molecule has 10 aromatic rings. The second-order valence-corrected chi connectivity index (χ2v) is 14.6. The van der Waals surface area contributed by atoms with Gasteiger partial charge in [-0.25, -0.2) is 4.98 Å². The molecule has 1 aromatic heterocycles. The fourth-order valence-electron chi connectivity index (χ4n) is 10.2. The van der Waals surface area contributed by atoms with Crippen molar-refractivity contribution in [3.63, 3.8) is 0 Å². The highest BCUT2D eigenvalue weighted by molar-refractivity contribution is 6.22. The van der Waals surface area contributed by atoms with Crippen molar-refractivity contribution in [3.05, 3.63) is 198 Å². The zero-order valence-corrected chi connectivity index (χ0v) is 29.1. The van der Waals surface area contributed by atoms with E-state index in [-0.39, 0.29) is 0 Å². The Morgan fingerprint density at radius 2 is 0.962 bits per heavy atom. The Morgan fingerprint density at radius 3 is 1.68 bits per heavy atom. The molecule has 0 fully saturated rings. The highest BCUT2D eigenvalue weighted by Gasteiger charge is 2.54. The van der Waals surface area contributed by atoms with Crippen LogP contribution in [0.5, 0.6) is 0 Å². The standard InChI is InChI=1S/C51H32N2/c1-53-46-28-13-12-27-45(46)52-50(53)32-16-14-15-31(29-32)41-30-42-47-38-22-5-2-17-33(38)34-18-3-7-24-40(34)49(47)51(48(42)39-23-6-4-19-35(39)41)43-25-10-8-20-36(43)37-21-9-11-26-44(37)51/h2-30H,1H3. The smallest absolute Gasteiger partial charge is 0.140 e. The molecule has 0 atom stereocenters. The third-order valence-electron chi connectivity index (χ3n) is 12.2. The Kier molecular flexibility index (Phi) is 5.67. The van der Waals surface area contributed by atoms with Crippen LogP contribution in [0.15, 0.2) is 176 Å². The van der Waals surface area contributed by atoms with Crippen LogP contribution in [0, 0.1) is 0 Å². The van der Waals surface area contributed by atoms with Crippen molar-refractivity contribution in [3.8, 4) is 44.8 Å². The normalized spacial score (nSPS) is 13.5. The number of fused-ring (bicyclic) bond motifs is 18. The summed E-state index contributed by atoms with van der Waals surface area (Å²) in [7, 11) is 2.12. The molecule has 0 saturated carbocycles. The first-order valence-corrected chi connectivity index (χ1v) is 18.5. The van der Waals surface area contributed by atoms with Crippen LogP contribution < -0.4 is 0 Å². The summed E-state index contributed by atoms with van der Waals surface area (Å²) >= 11 is 0. The molecule has 53 heavy (non-hydrogen) atoms. The third kappa shape index (κ3) is 3.60. The van der Waals surface area contributed by atoms with Gasteiger partial charge in [-0.3, -0.25) is 0 Å². The molecular weight excluding hydrogens is 641 g/mol. The molecule has 0 radical (unpaired) electrons. The number of para-hydroxylation sites is 2. The first-order valence-electron chi connectivity index (χ1n) is 18.5.